The van der Waals surface area contributed by atoms with E-state index in [0.717, 1.165) is 25.9 Å². The molecule has 0 aliphatic carbocycles. The molecule has 1 amide bonds. The molecule has 3 rings (SSSR count). The fraction of sp³-hybridized carbons (Fsp3) is 0.375. The number of amides is 1. The summed E-state index contributed by atoms with van der Waals surface area (Å²) in [7, 11) is 1.83. The van der Waals surface area contributed by atoms with E-state index in [9.17, 15) is 4.79 Å². The molecule has 0 N–H and O–H groups in total. The molecular weight excluding hydrogens is 250 g/mol. The molecule has 1 atom stereocenters. The van der Waals surface area contributed by atoms with E-state index in [1.54, 1.807) is 17.1 Å². The molecule has 1 unspecified atom stereocenters. The van der Waals surface area contributed by atoms with E-state index < -0.39 is 0 Å². The predicted octanol–water partition coefficient (Wildman–Crippen LogP) is 2.12. The minimum Gasteiger partial charge on any atom is -0.338 e. The number of carbonyl (C=O) groups excluding carboxylic acids is 1. The van der Waals surface area contributed by atoms with Crippen LogP contribution in [0.3, 0.4) is 0 Å². The Morgan fingerprint density at radius 3 is 2.85 bits per heavy atom. The SMILES string of the molecule is Cn1cc(C(=O)N2CCC(Cc3ccccc3)C2)cn1. The topological polar surface area (TPSA) is 38.1 Å². The van der Waals surface area contributed by atoms with Crippen molar-refractivity contribution < 1.29 is 4.79 Å². The Bertz CT molecular complexity index is 591. The molecule has 0 bridgehead atoms. The number of rotatable bonds is 3. The lowest BCUT2D eigenvalue weighted by atomic mass is 9.99. The second kappa shape index (κ2) is 5.49. The number of aryl methyl sites for hydroxylation is 1. The molecule has 0 saturated carbocycles. The molecule has 1 aromatic carbocycles. The third kappa shape index (κ3) is 2.74. The molecular formula is C16H19N3O. The van der Waals surface area contributed by atoms with Crippen molar-refractivity contribution in [2.45, 2.75) is 12.8 Å². The van der Waals surface area contributed by atoms with Crippen LogP contribution in [0.25, 0.3) is 0 Å². The summed E-state index contributed by atoms with van der Waals surface area (Å²) in [4.78, 5) is 14.3. The molecule has 2 aromatic rings. The van der Waals surface area contributed by atoms with Crippen molar-refractivity contribution in [1.82, 2.24) is 14.7 Å². The highest BCUT2D eigenvalue weighted by atomic mass is 16.2. The summed E-state index contributed by atoms with van der Waals surface area (Å²) in [5.41, 5.74) is 2.04. The van der Waals surface area contributed by atoms with E-state index >= 15 is 0 Å². The first kappa shape index (κ1) is 12.9. The molecule has 2 heterocycles. The first-order valence-electron chi connectivity index (χ1n) is 7.04. The Kier molecular flexibility index (Phi) is 3.54. The molecule has 1 fully saturated rings. The van der Waals surface area contributed by atoms with Gasteiger partial charge in [-0.1, -0.05) is 30.3 Å². The van der Waals surface area contributed by atoms with Crippen LogP contribution in [-0.4, -0.2) is 33.7 Å². The molecule has 1 aliphatic heterocycles. The van der Waals surface area contributed by atoms with Crippen molar-refractivity contribution in [1.29, 1.82) is 0 Å². The Morgan fingerprint density at radius 1 is 1.35 bits per heavy atom. The minimum atomic E-state index is 0.105. The van der Waals surface area contributed by atoms with Crippen molar-refractivity contribution >= 4 is 5.91 Å². The van der Waals surface area contributed by atoms with Gasteiger partial charge in [-0.2, -0.15) is 5.10 Å². The van der Waals surface area contributed by atoms with Gasteiger partial charge in [-0.25, -0.2) is 0 Å². The van der Waals surface area contributed by atoms with E-state index in [0.29, 0.717) is 11.5 Å². The number of carbonyl (C=O) groups is 1. The molecule has 4 nitrogen and oxygen atoms in total. The van der Waals surface area contributed by atoms with Gasteiger partial charge in [-0.05, 0) is 24.3 Å². The summed E-state index contributed by atoms with van der Waals surface area (Å²) >= 11 is 0. The van der Waals surface area contributed by atoms with Crippen LogP contribution >= 0.6 is 0 Å². The van der Waals surface area contributed by atoms with Gasteiger partial charge in [-0.3, -0.25) is 9.48 Å². The van der Waals surface area contributed by atoms with Gasteiger partial charge in [0.05, 0.1) is 11.8 Å². The summed E-state index contributed by atoms with van der Waals surface area (Å²) in [6, 6.07) is 10.5. The van der Waals surface area contributed by atoms with Gasteiger partial charge >= 0.3 is 0 Å². The van der Waals surface area contributed by atoms with E-state index in [2.05, 4.69) is 29.4 Å². The smallest absolute Gasteiger partial charge is 0.257 e. The number of benzene rings is 1. The van der Waals surface area contributed by atoms with Crippen LogP contribution in [0.15, 0.2) is 42.7 Å². The van der Waals surface area contributed by atoms with Gasteiger partial charge in [0.1, 0.15) is 0 Å². The van der Waals surface area contributed by atoms with Gasteiger partial charge in [0.15, 0.2) is 0 Å². The van der Waals surface area contributed by atoms with Crippen molar-refractivity contribution in [2.24, 2.45) is 13.0 Å². The average Bonchev–Trinajstić information content (AvgIpc) is 3.08. The monoisotopic (exact) mass is 269 g/mol. The van der Waals surface area contributed by atoms with E-state index in [4.69, 9.17) is 0 Å². The zero-order chi connectivity index (χ0) is 13.9. The van der Waals surface area contributed by atoms with Crippen LogP contribution in [0.1, 0.15) is 22.3 Å². The highest BCUT2D eigenvalue weighted by molar-refractivity contribution is 5.93. The molecule has 1 aliphatic rings. The Labute approximate surface area is 119 Å². The van der Waals surface area contributed by atoms with Crippen LogP contribution in [0, 0.1) is 5.92 Å². The molecule has 20 heavy (non-hydrogen) atoms. The van der Waals surface area contributed by atoms with E-state index in [-0.39, 0.29) is 5.91 Å². The number of hydrogen-bond acceptors (Lipinski definition) is 2. The quantitative estimate of drug-likeness (QED) is 0.856. The minimum absolute atomic E-state index is 0.105. The van der Waals surface area contributed by atoms with Crippen LogP contribution < -0.4 is 0 Å². The van der Waals surface area contributed by atoms with Crippen LogP contribution in [0.4, 0.5) is 0 Å². The number of hydrogen-bond donors (Lipinski definition) is 0. The van der Waals surface area contributed by atoms with E-state index in [1.165, 1.54) is 5.56 Å². The van der Waals surface area contributed by atoms with Gasteiger partial charge in [-0.15, -0.1) is 0 Å². The highest BCUT2D eigenvalue weighted by Crippen LogP contribution is 2.22. The Balaban J connectivity index is 1.61. The van der Waals surface area contributed by atoms with Crippen LogP contribution in [0.5, 0.6) is 0 Å². The molecule has 0 spiro atoms. The molecule has 1 saturated heterocycles. The summed E-state index contributed by atoms with van der Waals surface area (Å²) in [5.74, 6) is 0.673. The number of nitrogens with zero attached hydrogens (tertiary/aromatic N) is 3. The summed E-state index contributed by atoms with van der Waals surface area (Å²) in [5, 5.41) is 4.07. The zero-order valence-corrected chi connectivity index (χ0v) is 11.7. The largest absolute Gasteiger partial charge is 0.338 e. The van der Waals surface area contributed by atoms with Crippen LogP contribution in [-0.2, 0) is 13.5 Å². The molecule has 104 valence electrons. The first-order chi connectivity index (χ1) is 9.72. The summed E-state index contributed by atoms with van der Waals surface area (Å²) in [6.45, 7) is 1.70. The second-order valence-electron chi connectivity index (χ2n) is 5.50. The summed E-state index contributed by atoms with van der Waals surface area (Å²) in [6.07, 6.45) is 5.57. The zero-order valence-electron chi connectivity index (χ0n) is 11.7. The van der Waals surface area contributed by atoms with Crippen molar-refractivity contribution in [3.05, 3.63) is 53.9 Å². The highest BCUT2D eigenvalue weighted by Gasteiger charge is 2.27. The van der Waals surface area contributed by atoms with Crippen molar-refractivity contribution in [2.75, 3.05) is 13.1 Å². The maximum Gasteiger partial charge on any atom is 0.257 e. The third-order valence-corrected chi connectivity index (χ3v) is 3.89. The first-order valence-corrected chi connectivity index (χ1v) is 7.04. The van der Waals surface area contributed by atoms with Gasteiger partial charge in [0.25, 0.3) is 5.91 Å². The fourth-order valence-corrected chi connectivity index (χ4v) is 2.85. The van der Waals surface area contributed by atoms with Gasteiger partial charge in [0.2, 0.25) is 0 Å². The predicted molar refractivity (Wildman–Crippen MR) is 77.4 cm³/mol. The van der Waals surface area contributed by atoms with Crippen molar-refractivity contribution in [3.8, 4) is 0 Å². The standard InChI is InChI=1S/C16H19N3O/c1-18-12-15(10-17-18)16(20)19-8-7-14(11-19)9-13-5-3-2-4-6-13/h2-6,10,12,14H,7-9,11H2,1H3. The van der Waals surface area contributed by atoms with E-state index in [1.807, 2.05) is 18.0 Å². The molecule has 1 aromatic heterocycles. The average molecular weight is 269 g/mol. The third-order valence-electron chi connectivity index (χ3n) is 3.89. The lowest BCUT2D eigenvalue weighted by molar-refractivity contribution is 0.0787. The second-order valence-corrected chi connectivity index (χ2v) is 5.50. The van der Waals surface area contributed by atoms with Gasteiger partial charge < -0.3 is 4.90 Å². The molecule has 0 radical (unpaired) electrons. The van der Waals surface area contributed by atoms with Gasteiger partial charge in [0, 0.05) is 26.3 Å². The lowest BCUT2D eigenvalue weighted by Crippen LogP contribution is -2.28. The fourth-order valence-electron chi connectivity index (χ4n) is 2.85. The summed E-state index contributed by atoms with van der Waals surface area (Å²) < 4.78 is 1.67. The maximum atomic E-state index is 12.3. The Hall–Kier alpha value is -2.10. The van der Waals surface area contributed by atoms with Crippen molar-refractivity contribution in [3.63, 3.8) is 0 Å². The van der Waals surface area contributed by atoms with Crippen LogP contribution in [0.2, 0.25) is 0 Å². The Morgan fingerprint density at radius 2 is 2.15 bits per heavy atom. The maximum absolute atomic E-state index is 12.3. The number of likely N-dealkylation sites (tertiary alicyclic amines) is 1. The normalized spacial score (nSPS) is 18.4. The molecule has 4 heteroatoms. The lowest BCUT2D eigenvalue weighted by Gasteiger charge is -2.15. The number of aromatic nitrogens is 2.